The molecule has 2 atom stereocenters. The standard InChI is InChI=1S/C11H17NO2/c1-2-12-7-9-4-6-14-11(9)10-3-5-13-8-10/h3,5,8-9,11-12H,2,4,6-7H2,1H3. The second-order valence-electron chi connectivity index (χ2n) is 3.70. The first-order valence-corrected chi connectivity index (χ1v) is 5.26. The van der Waals surface area contributed by atoms with Crippen LogP contribution in [0.5, 0.6) is 0 Å². The summed E-state index contributed by atoms with van der Waals surface area (Å²) in [5.74, 6) is 0.590. The van der Waals surface area contributed by atoms with Gasteiger partial charge in [-0.3, -0.25) is 0 Å². The topological polar surface area (TPSA) is 34.4 Å². The zero-order chi connectivity index (χ0) is 9.80. The van der Waals surface area contributed by atoms with E-state index in [0.717, 1.165) is 26.1 Å². The predicted molar refractivity (Wildman–Crippen MR) is 54.1 cm³/mol. The Hall–Kier alpha value is -0.800. The molecule has 3 heteroatoms. The van der Waals surface area contributed by atoms with Crippen LogP contribution in [0.25, 0.3) is 0 Å². The normalized spacial score (nSPS) is 26.9. The number of ether oxygens (including phenoxy) is 1. The molecule has 0 spiro atoms. The van der Waals surface area contributed by atoms with E-state index in [2.05, 4.69) is 12.2 Å². The monoisotopic (exact) mass is 195 g/mol. The highest BCUT2D eigenvalue weighted by molar-refractivity contribution is 5.12. The van der Waals surface area contributed by atoms with Crippen molar-refractivity contribution in [2.75, 3.05) is 19.7 Å². The molecule has 0 bridgehead atoms. The maximum absolute atomic E-state index is 5.71. The molecule has 2 rings (SSSR count). The Kier molecular flexibility index (Phi) is 3.22. The van der Waals surface area contributed by atoms with E-state index >= 15 is 0 Å². The minimum atomic E-state index is 0.229. The van der Waals surface area contributed by atoms with Crippen LogP contribution >= 0.6 is 0 Å². The molecule has 78 valence electrons. The van der Waals surface area contributed by atoms with Gasteiger partial charge in [0.05, 0.1) is 18.6 Å². The Morgan fingerprint density at radius 2 is 2.50 bits per heavy atom. The van der Waals surface area contributed by atoms with Gasteiger partial charge in [-0.25, -0.2) is 0 Å². The molecule has 1 fully saturated rings. The van der Waals surface area contributed by atoms with E-state index in [1.165, 1.54) is 5.56 Å². The molecule has 0 saturated carbocycles. The molecule has 0 amide bonds. The van der Waals surface area contributed by atoms with Gasteiger partial charge in [-0.05, 0) is 19.0 Å². The summed E-state index contributed by atoms with van der Waals surface area (Å²) in [5.41, 5.74) is 1.17. The SMILES string of the molecule is CCNCC1CCOC1c1ccoc1. The van der Waals surface area contributed by atoms with E-state index in [9.17, 15) is 0 Å². The molecule has 1 N–H and O–H groups in total. The van der Waals surface area contributed by atoms with E-state index < -0.39 is 0 Å². The fourth-order valence-corrected chi connectivity index (χ4v) is 1.98. The lowest BCUT2D eigenvalue weighted by Crippen LogP contribution is -2.24. The van der Waals surface area contributed by atoms with Gasteiger partial charge in [0, 0.05) is 24.6 Å². The largest absolute Gasteiger partial charge is 0.472 e. The van der Waals surface area contributed by atoms with Gasteiger partial charge in [-0.15, -0.1) is 0 Å². The molecule has 2 heterocycles. The van der Waals surface area contributed by atoms with Crippen LogP contribution in [-0.2, 0) is 4.74 Å². The van der Waals surface area contributed by atoms with Gasteiger partial charge in [-0.2, -0.15) is 0 Å². The second-order valence-corrected chi connectivity index (χ2v) is 3.70. The molecule has 1 saturated heterocycles. The molecule has 2 unspecified atom stereocenters. The lowest BCUT2D eigenvalue weighted by Gasteiger charge is -2.16. The van der Waals surface area contributed by atoms with Crippen molar-refractivity contribution in [3.8, 4) is 0 Å². The van der Waals surface area contributed by atoms with E-state index in [1.807, 2.05) is 6.07 Å². The summed E-state index contributed by atoms with van der Waals surface area (Å²) in [6.07, 6.45) is 4.87. The zero-order valence-corrected chi connectivity index (χ0v) is 8.53. The number of hydrogen-bond acceptors (Lipinski definition) is 3. The van der Waals surface area contributed by atoms with Crippen LogP contribution in [-0.4, -0.2) is 19.7 Å². The lowest BCUT2D eigenvalue weighted by atomic mass is 9.97. The molecule has 3 nitrogen and oxygen atoms in total. The number of nitrogens with one attached hydrogen (secondary N) is 1. The first kappa shape index (κ1) is 9.74. The van der Waals surface area contributed by atoms with Crippen molar-refractivity contribution >= 4 is 0 Å². The summed E-state index contributed by atoms with van der Waals surface area (Å²) < 4.78 is 10.8. The number of furan rings is 1. The first-order valence-electron chi connectivity index (χ1n) is 5.26. The van der Waals surface area contributed by atoms with Crippen LogP contribution in [0, 0.1) is 5.92 Å². The zero-order valence-electron chi connectivity index (χ0n) is 8.53. The van der Waals surface area contributed by atoms with Crippen LogP contribution in [0.2, 0.25) is 0 Å². The van der Waals surface area contributed by atoms with Gasteiger partial charge in [0.25, 0.3) is 0 Å². The third kappa shape index (κ3) is 1.99. The van der Waals surface area contributed by atoms with Crippen molar-refractivity contribution in [2.45, 2.75) is 19.4 Å². The summed E-state index contributed by atoms with van der Waals surface area (Å²) in [6, 6.07) is 1.99. The third-order valence-corrected chi connectivity index (χ3v) is 2.74. The fourth-order valence-electron chi connectivity index (χ4n) is 1.98. The van der Waals surface area contributed by atoms with Crippen molar-refractivity contribution in [1.29, 1.82) is 0 Å². The smallest absolute Gasteiger partial charge is 0.0960 e. The molecule has 0 radical (unpaired) electrons. The summed E-state index contributed by atoms with van der Waals surface area (Å²) in [7, 11) is 0. The quantitative estimate of drug-likeness (QED) is 0.797. The predicted octanol–water partition coefficient (Wildman–Crippen LogP) is 1.97. The third-order valence-electron chi connectivity index (χ3n) is 2.74. The Bertz CT molecular complexity index is 258. The molecule has 1 aromatic heterocycles. The minimum Gasteiger partial charge on any atom is -0.472 e. The molecule has 14 heavy (non-hydrogen) atoms. The Labute approximate surface area is 84.4 Å². The van der Waals surface area contributed by atoms with Crippen LogP contribution in [0.1, 0.15) is 25.0 Å². The van der Waals surface area contributed by atoms with Crippen LogP contribution < -0.4 is 5.32 Å². The maximum Gasteiger partial charge on any atom is 0.0960 e. The van der Waals surface area contributed by atoms with E-state index in [1.54, 1.807) is 12.5 Å². The van der Waals surface area contributed by atoms with Crippen molar-refractivity contribution in [3.63, 3.8) is 0 Å². The average molecular weight is 195 g/mol. The van der Waals surface area contributed by atoms with Gasteiger partial charge in [0.15, 0.2) is 0 Å². The molecular formula is C11H17NO2. The molecule has 0 aromatic carbocycles. The van der Waals surface area contributed by atoms with E-state index in [0.29, 0.717) is 5.92 Å². The van der Waals surface area contributed by atoms with Crippen LogP contribution in [0.15, 0.2) is 23.0 Å². The van der Waals surface area contributed by atoms with E-state index in [4.69, 9.17) is 9.15 Å². The minimum absolute atomic E-state index is 0.229. The molecule has 1 aliphatic rings. The van der Waals surface area contributed by atoms with Crippen molar-refractivity contribution in [1.82, 2.24) is 5.32 Å². The van der Waals surface area contributed by atoms with Crippen molar-refractivity contribution in [3.05, 3.63) is 24.2 Å². The number of rotatable bonds is 4. The highest BCUT2D eigenvalue weighted by Gasteiger charge is 2.29. The van der Waals surface area contributed by atoms with Gasteiger partial charge < -0.3 is 14.5 Å². The summed E-state index contributed by atoms with van der Waals surface area (Å²) in [4.78, 5) is 0. The molecular weight excluding hydrogens is 178 g/mol. The highest BCUT2D eigenvalue weighted by atomic mass is 16.5. The Morgan fingerprint density at radius 1 is 1.57 bits per heavy atom. The molecule has 0 aliphatic carbocycles. The first-order chi connectivity index (χ1) is 6.92. The van der Waals surface area contributed by atoms with Crippen LogP contribution in [0.4, 0.5) is 0 Å². The van der Waals surface area contributed by atoms with Crippen LogP contribution in [0.3, 0.4) is 0 Å². The number of hydrogen-bond donors (Lipinski definition) is 1. The second kappa shape index (κ2) is 4.62. The van der Waals surface area contributed by atoms with Gasteiger partial charge >= 0.3 is 0 Å². The molecule has 1 aromatic rings. The summed E-state index contributed by atoms with van der Waals surface area (Å²) in [5, 5.41) is 3.37. The molecule has 1 aliphatic heterocycles. The van der Waals surface area contributed by atoms with Gasteiger partial charge in [-0.1, -0.05) is 6.92 Å². The lowest BCUT2D eigenvalue weighted by molar-refractivity contribution is 0.0901. The average Bonchev–Trinajstić information content (AvgIpc) is 2.84. The maximum atomic E-state index is 5.71. The Morgan fingerprint density at radius 3 is 3.21 bits per heavy atom. The highest BCUT2D eigenvalue weighted by Crippen LogP contribution is 2.34. The summed E-state index contributed by atoms with van der Waals surface area (Å²) in [6.45, 7) is 5.05. The van der Waals surface area contributed by atoms with Crippen molar-refractivity contribution < 1.29 is 9.15 Å². The fraction of sp³-hybridized carbons (Fsp3) is 0.636. The van der Waals surface area contributed by atoms with E-state index in [-0.39, 0.29) is 6.10 Å². The Balaban J connectivity index is 1.97. The van der Waals surface area contributed by atoms with Crippen molar-refractivity contribution in [2.24, 2.45) is 5.92 Å². The van der Waals surface area contributed by atoms with Gasteiger partial charge in [0.1, 0.15) is 0 Å². The summed E-state index contributed by atoms with van der Waals surface area (Å²) >= 11 is 0. The van der Waals surface area contributed by atoms with Gasteiger partial charge in [0.2, 0.25) is 0 Å².